The third kappa shape index (κ3) is 25.7. The Hall–Kier alpha value is -10.6. The topological polar surface area (TPSA) is 304 Å². The second kappa shape index (κ2) is 42.8. The van der Waals surface area contributed by atoms with E-state index in [4.69, 9.17) is 97.5 Å². The number of ether oxygens (including phenoxy) is 1. The van der Waals surface area contributed by atoms with Gasteiger partial charge in [-0.15, -0.1) is 0 Å². The van der Waals surface area contributed by atoms with Crippen LogP contribution in [0, 0.1) is 0 Å². The zero-order valence-electron chi connectivity index (χ0n) is 64.0. The number of aromatic nitrogens is 4. The normalized spacial score (nSPS) is 12.2. The minimum atomic E-state index is -3.26. The number of pyridine rings is 4. The van der Waals surface area contributed by atoms with Gasteiger partial charge in [-0.05, 0) is 227 Å². The van der Waals surface area contributed by atoms with Crippen LogP contribution in [-0.4, -0.2) is 109 Å². The van der Waals surface area contributed by atoms with E-state index < -0.39 is 42.6 Å². The van der Waals surface area contributed by atoms with Crippen molar-refractivity contribution in [1.82, 2.24) is 30.6 Å². The molecule has 1 saturated heterocycles. The van der Waals surface area contributed by atoms with Crippen molar-refractivity contribution in [3.05, 3.63) is 328 Å². The first-order valence-electron chi connectivity index (χ1n) is 36.8. The minimum absolute atomic E-state index is 0.0437. The standard InChI is InChI=1S/C24H21Cl2N3O3.C22H20Cl2N2O3S.C21H17Cl2N3O2.C21H18Cl2N2O3S/c25-20-9-7-16(13-19(20)22-5-1-2-10-27-22)29-24(31)18-8-6-15(12-21(18)26)23(30)28-14-17-4-3-11-32-17;1-14(2)30(28,29)13-15-6-8-17(20(24)11-15)22(27)26-16-7-9-19(23)18(12-16)21-5-3-4-10-25-21;1-2-24-20(27)13-6-8-15(18(23)11-13)21(28)26-14-7-9-17(22)16(12-14)19-5-3-4-10-25-19;1-2-29(27,28)13-14-6-8-16(19(23)11-14)21(26)25-15-7-9-18(22)17(12-15)20-5-3-4-10-24-20/h1-2,5-10,12-13,17H,3-4,11,14H2,(H,28,30)(H,29,31);3-12,14H,13H2,1-2H3,(H,26,27);3-12H,2H2,1H3,(H,24,27)(H,26,28);3-12H,2,13H2,1H3,(H,25,26)/t17-;;;/m0.../s1. The van der Waals surface area contributed by atoms with Crippen LogP contribution in [0.4, 0.5) is 22.7 Å². The lowest BCUT2D eigenvalue weighted by molar-refractivity contribution is 0.0856. The number of nitrogens with zero attached hydrogens (tertiary/aromatic N) is 4. The zero-order chi connectivity index (χ0) is 85.5. The van der Waals surface area contributed by atoms with E-state index in [1.165, 1.54) is 48.5 Å². The van der Waals surface area contributed by atoms with Crippen LogP contribution in [0.1, 0.15) is 114 Å². The number of halogens is 8. The van der Waals surface area contributed by atoms with E-state index in [1.54, 1.807) is 155 Å². The Bertz CT molecular complexity index is 5930. The molecule has 4 aromatic heterocycles. The van der Waals surface area contributed by atoms with Gasteiger partial charge in [-0.25, -0.2) is 16.8 Å². The quantitative estimate of drug-likeness (QED) is 0.0347. The Morgan fingerprint density at radius 3 is 1.00 bits per heavy atom. The summed E-state index contributed by atoms with van der Waals surface area (Å²) in [6.45, 7) is 8.36. The van der Waals surface area contributed by atoms with E-state index in [0.29, 0.717) is 123 Å². The van der Waals surface area contributed by atoms with E-state index in [-0.39, 0.29) is 83.4 Å². The first-order chi connectivity index (χ1) is 57.0. The van der Waals surface area contributed by atoms with Crippen LogP contribution < -0.4 is 31.9 Å². The second-order valence-electron chi connectivity index (χ2n) is 26.7. The van der Waals surface area contributed by atoms with Gasteiger partial charge in [0.25, 0.3) is 35.4 Å². The maximum atomic E-state index is 12.8. The fourth-order valence-corrected chi connectivity index (χ4v) is 15.4. The summed E-state index contributed by atoms with van der Waals surface area (Å²) in [7, 11) is -6.45. The molecule has 6 amide bonds. The third-order valence-electron chi connectivity index (χ3n) is 17.9. The third-order valence-corrected chi connectivity index (χ3v) is 24.3. The highest BCUT2D eigenvalue weighted by atomic mass is 35.5. The maximum absolute atomic E-state index is 12.8. The molecule has 612 valence electrons. The van der Waals surface area contributed by atoms with Crippen LogP contribution in [0.25, 0.3) is 45.0 Å². The average Bonchev–Trinajstić information content (AvgIpc) is 0.839. The molecule has 8 aromatic carbocycles. The van der Waals surface area contributed by atoms with E-state index in [9.17, 15) is 45.6 Å². The van der Waals surface area contributed by atoms with Crippen molar-refractivity contribution < 1.29 is 50.3 Å². The highest BCUT2D eigenvalue weighted by molar-refractivity contribution is 7.91. The average molecular weight is 1800 g/mol. The van der Waals surface area contributed by atoms with Crippen LogP contribution >= 0.6 is 92.8 Å². The second-order valence-corrected chi connectivity index (χ2v) is 34.9. The van der Waals surface area contributed by atoms with E-state index in [1.807, 2.05) is 67.6 Å². The number of benzene rings is 8. The fraction of sp³-hybridized carbons (Fsp3) is 0.159. The van der Waals surface area contributed by atoms with Crippen LogP contribution in [0.15, 0.2) is 243 Å². The molecular formula is C88H76Cl8N10O11S2. The minimum Gasteiger partial charge on any atom is -0.376 e. The van der Waals surface area contributed by atoms with Crippen molar-refractivity contribution in [2.75, 3.05) is 46.7 Å². The lowest BCUT2D eigenvalue weighted by Gasteiger charge is -2.12. The monoisotopic (exact) mass is 1790 g/mol. The Kier molecular flexibility index (Phi) is 32.7. The van der Waals surface area contributed by atoms with Gasteiger partial charge in [0.05, 0.1) is 108 Å². The molecule has 1 aliphatic heterocycles. The molecule has 0 radical (unpaired) electrons. The number of rotatable bonds is 23. The Labute approximate surface area is 728 Å². The van der Waals surface area contributed by atoms with Crippen molar-refractivity contribution in [3.63, 3.8) is 0 Å². The molecule has 119 heavy (non-hydrogen) atoms. The molecule has 12 aromatic rings. The van der Waals surface area contributed by atoms with Crippen molar-refractivity contribution in [1.29, 1.82) is 0 Å². The summed E-state index contributed by atoms with van der Waals surface area (Å²) < 4.78 is 53.3. The molecule has 1 fully saturated rings. The van der Waals surface area contributed by atoms with Crippen molar-refractivity contribution in [2.45, 2.75) is 63.4 Å². The fourth-order valence-electron chi connectivity index (χ4n) is 11.6. The summed E-state index contributed by atoms with van der Waals surface area (Å²) >= 11 is 50.1. The largest absolute Gasteiger partial charge is 0.376 e. The van der Waals surface area contributed by atoms with Gasteiger partial charge < -0.3 is 36.6 Å². The molecule has 5 heterocycles. The van der Waals surface area contributed by atoms with E-state index >= 15 is 0 Å². The maximum Gasteiger partial charge on any atom is 0.257 e. The summed E-state index contributed by atoms with van der Waals surface area (Å²) in [5.74, 6) is -2.30. The van der Waals surface area contributed by atoms with Gasteiger partial charge in [0, 0.05) is 106 Å². The van der Waals surface area contributed by atoms with Crippen LogP contribution in [0.3, 0.4) is 0 Å². The van der Waals surface area contributed by atoms with Gasteiger partial charge in [0.1, 0.15) is 0 Å². The molecule has 13 rings (SSSR count). The summed E-state index contributed by atoms with van der Waals surface area (Å²) in [6.07, 6.45) is 8.67. The van der Waals surface area contributed by atoms with Crippen LogP contribution in [-0.2, 0) is 35.9 Å². The smallest absolute Gasteiger partial charge is 0.257 e. The van der Waals surface area contributed by atoms with Gasteiger partial charge in [0.2, 0.25) is 0 Å². The first kappa shape index (κ1) is 90.7. The number of nitrogens with one attached hydrogen (secondary N) is 6. The van der Waals surface area contributed by atoms with Crippen molar-refractivity contribution in [2.24, 2.45) is 0 Å². The number of amides is 6. The number of carbonyl (C=O) groups excluding carboxylic acids is 6. The predicted molar refractivity (Wildman–Crippen MR) is 477 cm³/mol. The number of anilines is 4. The SMILES string of the molecule is CC(C)S(=O)(=O)Cc1ccc(C(=O)Nc2ccc(Cl)c(-c3ccccn3)c2)c(Cl)c1.CCNC(=O)c1ccc(C(=O)Nc2ccc(Cl)c(-c3ccccn3)c2)c(Cl)c1.CCS(=O)(=O)Cc1ccc(C(=O)Nc2ccc(Cl)c(-c3ccccn3)c2)c(Cl)c1.O=C(NC[C@@H]1CCCO1)c1ccc(C(=O)Nc2ccc(Cl)c(-c3ccccn3)c2)c(Cl)c1. The van der Waals surface area contributed by atoms with Crippen molar-refractivity contribution in [3.8, 4) is 45.0 Å². The Morgan fingerprint density at radius 2 is 0.714 bits per heavy atom. The van der Waals surface area contributed by atoms with Gasteiger partial charge in [-0.2, -0.15) is 0 Å². The molecule has 0 unspecified atom stereocenters. The van der Waals surface area contributed by atoms with Gasteiger partial charge in [0.15, 0.2) is 19.7 Å². The van der Waals surface area contributed by atoms with Crippen molar-refractivity contribution >= 4 is 171 Å². The molecule has 0 bridgehead atoms. The summed E-state index contributed by atoms with van der Waals surface area (Å²) in [5.41, 5.74) is 10.6. The highest BCUT2D eigenvalue weighted by Gasteiger charge is 2.24. The zero-order valence-corrected chi connectivity index (χ0v) is 71.7. The molecule has 0 spiro atoms. The lowest BCUT2D eigenvalue weighted by atomic mass is 10.1. The lowest BCUT2D eigenvalue weighted by Crippen LogP contribution is -2.31. The van der Waals surface area contributed by atoms with Crippen LogP contribution in [0.2, 0.25) is 40.2 Å². The molecule has 6 N–H and O–H groups in total. The molecule has 0 aliphatic carbocycles. The van der Waals surface area contributed by atoms with Gasteiger partial charge in [-0.3, -0.25) is 48.7 Å². The summed E-state index contributed by atoms with van der Waals surface area (Å²) in [5, 5.41) is 19.1. The van der Waals surface area contributed by atoms with E-state index in [2.05, 4.69) is 51.8 Å². The molecule has 0 saturated carbocycles. The molecule has 31 heteroatoms. The first-order valence-corrected chi connectivity index (χ1v) is 43.4. The molecule has 1 atom stereocenters. The number of hydrogen-bond acceptors (Lipinski definition) is 15. The summed E-state index contributed by atoms with van der Waals surface area (Å²) in [6, 6.07) is 60.9. The Morgan fingerprint density at radius 1 is 0.387 bits per heavy atom. The predicted octanol–water partition coefficient (Wildman–Crippen LogP) is 21.1. The van der Waals surface area contributed by atoms with E-state index in [0.717, 1.165) is 19.4 Å². The molecule has 1 aliphatic rings. The molecular weight excluding hydrogens is 1720 g/mol. The number of sulfone groups is 2. The highest BCUT2D eigenvalue weighted by Crippen LogP contribution is 2.36. The molecule has 21 nitrogen and oxygen atoms in total. The van der Waals surface area contributed by atoms with Crippen LogP contribution in [0.5, 0.6) is 0 Å². The number of hydrogen-bond donors (Lipinski definition) is 6. The van der Waals surface area contributed by atoms with Gasteiger partial charge in [-0.1, -0.05) is 136 Å². The Balaban J connectivity index is 0.000000167. The summed E-state index contributed by atoms with van der Waals surface area (Å²) in [4.78, 5) is 92.2. The van der Waals surface area contributed by atoms with Gasteiger partial charge >= 0.3 is 0 Å². The number of carbonyl (C=O) groups is 6.